The van der Waals surface area contributed by atoms with Crippen molar-refractivity contribution < 1.29 is 4.42 Å². The number of nitrogens with zero attached hydrogens (tertiary/aromatic N) is 1. The molecule has 1 aromatic heterocycles. The standard InChI is InChI=1S/C48H33NO/c1-4-13-34(14-5-1)35-23-28-40(29-24-35)49(39-17-8-3-9-18-39)41-30-25-37(26-31-41)46-33-38(27-32-42(46)36-15-6-2-7-16-36)43-20-12-21-45-44-19-10-11-22-47(44)50-48(43)45/h1-33H. The minimum absolute atomic E-state index is 0.907. The molecular formula is C48H33NO. The average molecular weight is 640 g/mol. The topological polar surface area (TPSA) is 16.4 Å². The van der Waals surface area contributed by atoms with Crippen molar-refractivity contribution in [1.29, 1.82) is 0 Å². The van der Waals surface area contributed by atoms with Crippen LogP contribution in [-0.2, 0) is 0 Å². The Kier molecular flexibility index (Phi) is 7.53. The van der Waals surface area contributed by atoms with E-state index in [-0.39, 0.29) is 0 Å². The van der Waals surface area contributed by atoms with E-state index in [4.69, 9.17) is 4.42 Å². The molecule has 0 saturated carbocycles. The lowest BCUT2D eigenvalue weighted by Crippen LogP contribution is -2.09. The zero-order valence-corrected chi connectivity index (χ0v) is 27.4. The summed E-state index contributed by atoms with van der Waals surface area (Å²) < 4.78 is 6.45. The first-order chi connectivity index (χ1) is 24.8. The molecule has 0 amide bonds. The first kappa shape index (κ1) is 29.5. The number of furan rings is 1. The van der Waals surface area contributed by atoms with Crippen LogP contribution in [0.2, 0.25) is 0 Å². The van der Waals surface area contributed by atoms with Gasteiger partial charge in [0.25, 0.3) is 0 Å². The zero-order valence-electron chi connectivity index (χ0n) is 27.4. The number of benzene rings is 8. The molecule has 0 aliphatic carbocycles. The number of hydrogen-bond donors (Lipinski definition) is 0. The van der Waals surface area contributed by atoms with Gasteiger partial charge < -0.3 is 9.32 Å². The minimum Gasteiger partial charge on any atom is -0.455 e. The smallest absolute Gasteiger partial charge is 0.143 e. The van der Waals surface area contributed by atoms with Crippen molar-refractivity contribution >= 4 is 39.0 Å². The van der Waals surface area contributed by atoms with Crippen molar-refractivity contribution in [2.75, 3.05) is 4.90 Å². The molecule has 2 nitrogen and oxygen atoms in total. The van der Waals surface area contributed by atoms with Gasteiger partial charge in [0.1, 0.15) is 11.2 Å². The van der Waals surface area contributed by atoms with Gasteiger partial charge in [-0.3, -0.25) is 0 Å². The number of fused-ring (bicyclic) bond motifs is 3. The van der Waals surface area contributed by atoms with Crippen LogP contribution in [0.4, 0.5) is 17.1 Å². The molecule has 0 N–H and O–H groups in total. The van der Waals surface area contributed by atoms with Gasteiger partial charge in [-0.1, -0.05) is 152 Å². The fourth-order valence-corrected chi connectivity index (χ4v) is 7.04. The van der Waals surface area contributed by atoms with Crippen molar-refractivity contribution in [3.63, 3.8) is 0 Å². The molecule has 0 aliphatic heterocycles. The van der Waals surface area contributed by atoms with Crippen molar-refractivity contribution in [2.24, 2.45) is 0 Å². The van der Waals surface area contributed by atoms with Gasteiger partial charge in [-0.25, -0.2) is 0 Å². The van der Waals surface area contributed by atoms with Gasteiger partial charge in [-0.15, -0.1) is 0 Å². The molecule has 0 bridgehead atoms. The van der Waals surface area contributed by atoms with Crippen LogP contribution in [0.3, 0.4) is 0 Å². The molecule has 236 valence electrons. The highest BCUT2D eigenvalue weighted by molar-refractivity contribution is 6.09. The first-order valence-electron chi connectivity index (χ1n) is 17.0. The van der Waals surface area contributed by atoms with E-state index in [0.29, 0.717) is 0 Å². The normalized spacial score (nSPS) is 11.2. The molecule has 8 aromatic carbocycles. The second-order valence-corrected chi connectivity index (χ2v) is 12.5. The number of para-hydroxylation sites is 3. The Hall–Kier alpha value is -6.64. The van der Waals surface area contributed by atoms with E-state index < -0.39 is 0 Å². The Balaban J connectivity index is 1.15. The third-order valence-electron chi connectivity index (χ3n) is 9.50. The van der Waals surface area contributed by atoms with Gasteiger partial charge >= 0.3 is 0 Å². The first-order valence-corrected chi connectivity index (χ1v) is 17.0. The average Bonchev–Trinajstić information content (AvgIpc) is 3.59. The number of rotatable bonds is 7. The fraction of sp³-hybridized carbons (Fsp3) is 0. The third kappa shape index (κ3) is 5.43. The van der Waals surface area contributed by atoms with Gasteiger partial charge in [0, 0.05) is 33.4 Å². The highest BCUT2D eigenvalue weighted by atomic mass is 16.3. The third-order valence-corrected chi connectivity index (χ3v) is 9.50. The quantitative estimate of drug-likeness (QED) is 0.173. The number of hydrogen-bond acceptors (Lipinski definition) is 2. The zero-order chi connectivity index (χ0) is 33.3. The lowest BCUT2D eigenvalue weighted by atomic mass is 9.90. The Morgan fingerprint density at radius 3 is 1.50 bits per heavy atom. The summed E-state index contributed by atoms with van der Waals surface area (Å²) in [6.45, 7) is 0. The maximum Gasteiger partial charge on any atom is 0.143 e. The van der Waals surface area contributed by atoms with Crippen LogP contribution in [0, 0.1) is 0 Å². The summed E-state index contributed by atoms with van der Waals surface area (Å²) in [5.41, 5.74) is 14.5. The molecule has 1 heterocycles. The predicted molar refractivity (Wildman–Crippen MR) is 210 cm³/mol. The Morgan fingerprint density at radius 2 is 0.800 bits per heavy atom. The summed E-state index contributed by atoms with van der Waals surface area (Å²) in [7, 11) is 0. The second kappa shape index (κ2) is 12.8. The van der Waals surface area contributed by atoms with Crippen molar-refractivity contribution in [2.45, 2.75) is 0 Å². The molecule has 0 aliphatic rings. The van der Waals surface area contributed by atoms with Gasteiger partial charge in [0.05, 0.1) is 0 Å². The second-order valence-electron chi connectivity index (χ2n) is 12.5. The van der Waals surface area contributed by atoms with Gasteiger partial charge in [-0.2, -0.15) is 0 Å². The van der Waals surface area contributed by atoms with E-state index in [9.17, 15) is 0 Å². The van der Waals surface area contributed by atoms with Crippen LogP contribution in [0.25, 0.3) is 66.4 Å². The largest absolute Gasteiger partial charge is 0.455 e. The molecule has 2 heteroatoms. The molecule has 50 heavy (non-hydrogen) atoms. The lowest BCUT2D eigenvalue weighted by Gasteiger charge is -2.26. The SMILES string of the molecule is c1ccc(-c2ccc(N(c3ccccc3)c3ccc(-c4cc(-c5cccc6c5oc5ccccc56)ccc4-c4ccccc4)cc3)cc2)cc1. The highest BCUT2D eigenvalue weighted by Crippen LogP contribution is 2.42. The monoisotopic (exact) mass is 639 g/mol. The fourth-order valence-electron chi connectivity index (χ4n) is 7.04. The minimum atomic E-state index is 0.907. The van der Waals surface area contributed by atoms with E-state index >= 15 is 0 Å². The Bertz CT molecular complexity index is 2550. The Labute approximate surface area is 292 Å². The van der Waals surface area contributed by atoms with E-state index in [0.717, 1.165) is 55.7 Å². The lowest BCUT2D eigenvalue weighted by molar-refractivity contribution is 0.670. The molecule has 0 fully saturated rings. The van der Waals surface area contributed by atoms with E-state index in [1.807, 2.05) is 12.1 Å². The molecule has 0 unspecified atom stereocenters. The maximum absolute atomic E-state index is 6.45. The molecule has 9 aromatic rings. The van der Waals surface area contributed by atoms with E-state index in [2.05, 4.69) is 193 Å². The molecule has 0 spiro atoms. The van der Waals surface area contributed by atoms with E-state index in [1.54, 1.807) is 0 Å². The van der Waals surface area contributed by atoms with Gasteiger partial charge in [0.2, 0.25) is 0 Å². The summed E-state index contributed by atoms with van der Waals surface area (Å²) >= 11 is 0. The van der Waals surface area contributed by atoms with Crippen molar-refractivity contribution in [1.82, 2.24) is 0 Å². The van der Waals surface area contributed by atoms with Gasteiger partial charge in [-0.05, 0) is 87.5 Å². The molecule has 9 rings (SSSR count). The molecule has 0 saturated heterocycles. The van der Waals surface area contributed by atoms with Crippen molar-refractivity contribution in [3.05, 3.63) is 200 Å². The van der Waals surface area contributed by atoms with Crippen LogP contribution in [-0.4, -0.2) is 0 Å². The van der Waals surface area contributed by atoms with Crippen LogP contribution >= 0.6 is 0 Å². The summed E-state index contributed by atoms with van der Waals surface area (Å²) in [5.74, 6) is 0. The summed E-state index contributed by atoms with van der Waals surface area (Å²) in [6, 6.07) is 71.0. The Morgan fingerprint density at radius 1 is 0.300 bits per heavy atom. The number of anilines is 3. The van der Waals surface area contributed by atoms with Crippen LogP contribution in [0.1, 0.15) is 0 Å². The predicted octanol–water partition coefficient (Wildman–Crippen LogP) is 13.7. The van der Waals surface area contributed by atoms with Gasteiger partial charge in [0.15, 0.2) is 0 Å². The summed E-state index contributed by atoms with van der Waals surface area (Å²) in [6.07, 6.45) is 0. The highest BCUT2D eigenvalue weighted by Gasteiger charge is 2.17. The van der Waals surface area contributed by atoms with E-state index in [1.165, 1.54) is 27.8 Å². The van der Waals surface area contributed by atoms with Crippen LogP contribution in [0.5, 0.6) is 0 Å². The molecule has 0 radical (unpaired) electrons. The molecule has 0 atom stereocenters. The maximum atomic E-state index is 6.45. The summed E-state index contributed by atoms with van der Waals surface area (Å²) in [5, 5.41) is 2.27. The molecular weight excluding hydrogens is 607 g/mol. The van der Waals surface area contributed by atoms with Crippen LogP contribution in [0.15, 0.2) is 205 Å². The van der Waals surface area contributed by atoms with Crippen molar-refractivity contribution in [3.8, 4) is 44.5 Å². The summed E-state index contributed by atoms with van der Waals surface area (Å²) in [4.78, 5) is 2.31. The van der Waals surface area contributed by atoms with Crippen LogP contribution < -0.4 is 4.90 Å².